The molecule has 2 rings (SSSR count). The van der Waals surface area contributed by atoms with E-state index in [4.69, 9.17) is 9.47 Å². The molecule has 1 aliphatic rings. The highest BCUT2D eigenvalue weighted by atomic mass is 16.7. The SMILES string of the molecule is C=CCc1ccc2c(c1)OCO2.O. The van der Waals surface area contributed by atoms with Gasteiger partial charge in [-0.2, -0.15) is 0 Å². The van der Waals surface area contributed by atoms with E-state index in [-0.39, 0.29) is 5.48 Å². The predicted octanol–water partition coefficient (Wildman–Crippen LogP) is 1.32. The molecule has 0 fully saturated rings. The molecule has 0 atom stereocenters. The summed E-state index contributed by atoms with van der Waals surface area (Å²) in [7, 11) is 0. The fourth-order valence-electron chi connectivity index (χ4n) is 1.23. The minimum Gasteiger partial charge on any atom is -0.454 e. The van der Waals surface area contributed by atoms with Crippen molar-refractivity contribution in [3.05, 3.63) is 36.4 Å². The Kier molecular flexibility index (Phi) is 2.93. The Morgan fingerprint density at radius 2 is 2.08 bits per heavy atom. The van der Waals surface area contributed by atoms with Crippen molar-refractivity contribution in [2.24, 2.45) is 0 Å². The highest BCUT2D eigenvalue weighted by Gasteiger charge is 2.12. The molecule has 1 aliphatic heterocycles. The second kappa shape index (κ2) is 3.96. The van der Waals surface area contributed by atoms with E-state index in [1.807, 2.05) is 24.3 Å². The second-order valence-corrected chi connectivity index (χ2v) is 2.68. The molecule has 1 heterocycles. The van der Waals surface area contributed by atoms with Gasteiger partial charge in [0.15, 0.2) is 11.5 Å². The average molecular weight is 180 g/mol. The van der Waals surface area contributed by atoms with Crippen LogP contribution in [0.3, 0.4) is 0 Å². The molecule has 13 heavy (non-hydrogen) atoms. The van der Waals surface area contributed by atoms with Gasteiger partial charge >= 0.3 is 0 Å². The molecule has 70 valence electrons. The fraction of sp³-hybridized carbons (Fsp3) is 0.200. The summed E-state index contributed by atoms with van der Waals surface area (Å²) in [4.78, 5) is 0. The summed E-state index contributed by atoms with van der Waals surface area (Å²) in [5.74, 6) is 1.68. The molecule has 0 aromatic heterocycles. The van der Waals surface area contributed by atoms with E-state index in [0.717, 1.165) is 17.9 Å². The summed E-state index contributed by atoms with van der Waals surface area (Å²) in [5, 5.41) is 0. The smallest absolute Gasteiger partial charge is 0.231 e. The van der Waals surface area contributed by atoms with Gasteiger partial charge in [-0.3, -0.25) is 0 Å². The second-order valence-electron chi connectivity index (χ2n) is 2.68. The third-order valence-corrected chi connectivity index (χ3v) is 1.82. The van der Waals surface area contributed by atoms with E-state index in [9.17, 15) is 0 Å². The molecule has 3 heteroatoms. The average Bonchev–Trinajstić information content (AvgIpc) is 2.51. The van der Waals surface area contributed by atoms with Crippen molar-refractivity contribution in [3.63, 3.8) is 0 Å². The molecule has 0 radical (unpaired) electrons. The maximum atomic E-state index is 5.23. The molecule has 0 unspecified atom stereocenters. The first kappa shape index (κ1) is 9.61. The molecule has 3 nitrogen and oxygen atoms in total. The van der Waals surface area contributed by atoms with Crippen LogP contribution in [0, 0.1) is 0 Å². The molecule has 0 saturated carbocycles. The zero-order chi connectivity index (χ0) is 8.39. The number of hydrogen-bond acceptors (Lipinski definition) is 2. The number of fused-ring (bicyclic) bond motifs is 1. The summed E-state index contributed by atoms with van der Waals surface area (Å²) in [5.41, 5.74) is 1.20. The maximum absolute atomic E-state index is 5.23. The number of ether oxygens (including phenoxy) is 2. The van der Waals surface area contributed by atoms with Crippen molar-refractivity contribution < 1.29 is 14.9 Å². The molecule has 0 amide bonds. The molecule has 0 spiro atoms. The highest BCUT2D eigenvalue weighted by molar-refractivity contribution is 5.44. The molecule has 0 bridgehead atoms. The van der Waals surface area contributed by atoms with Crippen molar-refractivity contribution in [3.8, 4) is 11.5 Å². The zero-order valence-electron chi connectivity index (χ0n) is 7.25. The molecule has 0 aliphatic carbocycles. The van der Waals surface area contributed by atoms with Gasteiger partial charge in [0.25, 0.3) is 0 Å². The van der Waals surface area contributed by atoms with Crippen LogP contribution in [0.1, 0.15) is 5.56 Å². The van der Waals surface area contributed by atoms with Gasteiger partial charge in [-0.05, 0) is 24.1 Å². The number of benzene rings is 1. The summed E-state index contributed by atoms with van der Waals surface area (Å²) in [6, 6.07) is 5.94. The van der Waals surface area contributed by atoms with Gasteiger partial charge in [-0.15, -0.1) is 6.58 Å². The Morgan fingerprint density at radius 3 is 2.85 bits per heavy atom. The van der Waals surface area contributed by atoms with Gasteiger partial charge in [0, 0.05) is 0 Å². The summed E-state index contributed by atoms with van der Waals surface area (Å²) >= 11 is 0. The van der Waals surface area contributed by atoms with Crippen LogP contribution in [0.2, 0.25) is 0 Å². The van der Waals surface area contributed by atoms with Crippen molar-refractivity contribution >= 4 is 0 Å². The number of allylic oxidation sites excluding steroid dienone is 1. The standard InChI is InChI=1S/C10H10O2.H2O/c1-2-3-8-4-5-9-10(6-8)12-7-11-9;/h2,4-6H,1,3,7H2;1H2. The van der Waals surface area contributed by atoms with E-state index in [2.05, 4.69) is 6.58 Å². The molecule has 1 aromatic rings. The zero-order valence-corrected chi connectivity index (χ0v) is 7.25. The van der Waals surface area contributed by atoms with E-state index in [1.54, 1.807) is 0 Å². The fourth-order valence-corrected chi connectivity index (χ4v) is 1.23. The lowest BCUT2D eigenvalue weighted by molar-refractivity contribution is 0.174. The van der Waals surface area contributed by atoms with Gasteiger partial charge < -0.3 is 14.9 Å². The van der Waals surface area contributed by atoms with Gasteiger partial charge in [0.1, 0.15) is 0 Å². The first-order chi connectivity index (χ1) is 5.90. The van der Waals surface area contributed by atoms with Crippen molar-refractivity contribution in [1.82, 2.24) is 0 Å². The van der Waals surface area contributed by atoms with Crippen LogP contribution in [0.15, 0.2) is 30.9 Å². The first-order valence-electron chi connectivity index (χ1n) is 3.89. The molecule has 1 aromatic carbocycles. The first-order valence-corrected chi connectivity index (χ1v) is 3.89. The van der Waals surface area contributed by atoms with Crippen LogP contribution < -0.4 is 9.47 Å². The van der Waals surface area contributed by atoms with Gasteiger partial charge in [-0.1, -0.05) is 12.1 Å². The van der Waals surface area contributed by atoms with Crippen LogP contribution in [0.5, 0.6) is 11.5 Å². The summed E-state index contributed by atoms with van der Waals surface area (Å²) in [6.07, 6.45) is 2.74. The normalized spacial score (nSPS) is 12.0. The monoisotopic (exact) mass is 180 g/mol. The summed E-state index contributed by atoms with van der Waals surface area (Å²) in [6.45, 7) is 4.02. The Hall–Kier alpha value is -1.48. The molecular weight excluding hydrogens is 168 g/mol. The Bertz CT molecular complexity index is 307. The van der Waals surface area contributed by atoms with E-state index in [0.29, 0.717) is 6.79 Å². The molecule has 0 saturated heterocycles. The lowest BCUT2D eigenvalue weighted by Gasteiger charge is -1.98. The quantitative estimate of drug-likeness (QED) is 0.644. The third-order valence-electron chi connectivity index (χ3n) is 1.82. The lowest BCUT2D eigenvalue weighted by atomic mass is 10.1. The Morgan fingerprint density at radius 1 is 1.31 bits per heavy atom. The van der Waals surface area contributed by atoms with Gasteiger partial charge in [0.2, 0.25) is 6.79 Å². The van der Waals surface area contributed by atoms with E-state index >= 15 is 0 Å². The van der Waals surface area contributed by atoms with Crippen LogP contribution >= 0.6 is 0 Å². The molecular formula is C10H12O3. The minimum atomic E-state index is 0. The van der Waals surface area contributed by atoms with Crippen LogP contribution in [0.25, 0.3) is 0 Å². The predicted molar refractivity (Wildman–Crippen MR) is 50.1 cm³/mol. The van der Waals surface area contributed by atoms with Crippen LogP contribution in [0.4, 0.5) is 0 Å². The topological polar surface area (TPSA) is 50.0 Å². The highest BCUT2D eigenvalue weighted by Crippen LogP contribution is 2.32. The van der Waals surface area contributed by atoms with Crippen molar-refractivity contribution in [2.75, 3.05) is 6.79 Å². The summed E-state index contributed by atoms with van der Waals surface area (Å²) < 4.78 is 10.4. The van der Waals surface area contributed by atoms with Gasteiger partial charge in [-0.25, -0.2) is 0 Å². The maximum Gasteiger partial charge on any atom is 0.231 e. The molecule has 2 N–H and O–H groups in total. The van der Waals surface area contributed by atoms with E-state index < -0.39 is 0 Å². The van der Waals surface area contributed by atoms with Crippen molar-refractivity contribution in [1.29, 1.82) is 0 Å². The largest absolute Gasteiger partial charge is 0.454 e. The Balaban J connectivity index is 0.000000845. The third kappa shape index (κ3) is 1.81. The van der Waals surface area contributed by atoms with E-state index in [1.165, 1.54) is 5.56 Å². The van der Waals surface area contributed by atoms with Crippen molar-refractivity contribution in [2.45, 2.75) is 6.42 Å². The van der Waals surface area contributed by atoms with Crippen LogP contribution in [-0.4, -0.2) is 12.3 Å². The minimum absolute atomic E-state index is 0. The van der Waals surface area contributed by atoms with Gasteiger partial charge in [0.05, 0.1) is 0 Å². The Labute approximate surface area is 76.9 Å². The number of rotatable bonds is 2. The lowest BCUT2D eigenvalue weighted by Crippen LogP contribution is -1.92. The van der Waals surface area contributed by atoms with Crippen LogP contribution in [-0.2, 0) is 6.42 Å². The number of hydrogen-bond donors (Lipinski definition) is 0.